The van der Waals surface area contributed by atoms with Crippen LogP contribution in [0.5, 0.6) is 5.75 Å². The Bertz CT molecular complexity index is 557. The fourth-order valence-electron chi connectivity index (χ4n) is 1.54. The van der Waals surface area contributed by atoms with Crippen molar-refractivity contribution in [2.75, 3.05) is 6.61 Å². The second kappa shape index (κ2) is 4.66. The van der Waals surface area contributed by atoms with Crippen LogP contribution in [0.2, 0.25) is 0 Å². The van der Waals surface area contributed by atoms with Gasteiger partial charge in [0, 0.05) is 11.5 Å². The summed E-state index contributed by atoms with van der Waals surface area (Å²) in [6.07, 6.45) is 2.55. The van der Waals surface area contributed by atoms with Gasteiger partial charge in [0.05, 0.1) is 12.1 Å². The molecule has 16 heavy (non-hydrogen) atoms. The highest BCUT2D eigenvalue weighted by Gasteiger charge is 2.02. The number of benzene rings is 1. The van der Waals surface area contributed by atoms with Gasteiger partial charge in [-0.05, 0) is 18.6 Å². The van der Waals surface area contributed by atoms with Crippen LogP contribution >= 0.6 is 0 Å². The Balaban J connectivity index is 2.42. The molecule has 0 saturated carbocycles. The van der Waals surface area contributed by atoms with Crippen LogP contribution in [0.25, 0.3) is 10.9 Å². The molecule has 0 bridgehead atoms. The predicted octanol–water partition coefficient (Wildman–Crippen LogP) is 2.48. The molecule has 2 aromatic rings. The minimum absolute atomic E-state index is 0.146. The molecule has 82 valence electrons. The van der Waals surface area contributed by atoms with Crippen molar-refractivity contribution < 1.29 is 4.74 Å². The minimum atomic E-state index is -0.146. The van der Waals surface area contributed by atoms with Gasteiger partial charge in [0.25, 0.3) is 5.56 Å². The molecule has 0 unspecified atom stereocenters. The van der Waals surface area contributed by atoms with E-state index in [0.29, 0.717) is 12.4 Å². The summed E-state index contributed by atoms with van der Waals surface area (Å²) in [6, 6.07) is 9.06. The number of aromatic amines is 1. The molecule has 0 spiro atoms. The van der Waals surface area contributed by atoms with Gasteiger partial charge in [-0.1, -0.05) is 18.2 Å². The van der Waals surface area contributed by atoms with E-state index >= 15 is 0 Å². The maximum absolute atomic E-state index is 11.4. The molecule has 2 rings (SSSR count). The van der Waals surface area contributed by atoms with Crippen molar-refractivity contribution in [2.24, 2.45) is 0 Å². The molecule has 0 amide bonds. The molecular weight excluding hydrogens is 202 g/mol. The monoisotopic (exact) mass is 215 g/mol. The zero-order valence-corrected chi connectivity index (χ0v) is 8.90. The number of hydrogen-bond acceptors (Lipinski definition) is 2. The van der Waals surface area contributed by atoms with E-state index in [4.69, 9.17) is 4.74 Å². The molecule has 0 fully saturated rings. The number of rotatable bonds is 4. The van der Waals surface area contributed by atoms with Gasteiger partial charge in [-0.15, -0.1) is 6.58 Å². The van der Waals surface area contributed by atoms with Crippen LogP contribution < -0.4 is 10.3 Å². The van der Waals surface area contributed by atoms with Gasteiger partial charge in [-0.25, -0.2) is 0 Å². The fourth-order valence-corrected chi connectivity index (χ4v) is 1.54. The topological polar surface area (TPSA) is 42.1 Å². The summed E-state index contributed by atoms with van der Waals surface area (Å²) in [4.78, 5) is 14.1. The first-order valence-electron chi connectivity index (χ1n) is 5.17. The highest BCUT2D eigenvalue weighted by molar-refractivity contribution is 5.84. The van der Waals surface area contributed by atoms with Crippen molar-refractivity contribution >= 4 is 10.9 Å². The van der Waals surface area contributed by atoms with Gasteiger partial charge in [0.15, 0.2) is 0 Å². The van der Waals surface area contributed by atoms with Crippen LogP contribution in [0.3, 0.4) is 0 Å². The smallest absolute Gasteiger partial charge is 0.252 e. The van der Waals surface area contributed by atoms with E-state index in [-0.39, 0.29) is 5.56 Å². The van der Waals surface area contributed by atoms with E-state index in [1.165, 1.54) is 6.07 Å². The van der Waals surface area contributed by atoms with E-state index in [2.05, 4.69) is 11.6 Å². The summed E-state index contributed by atoms with van der Waals surface area (Å²) in [5.74, 6) is 0.626. The molecular formula is C13H13NO2. The molecule has 1 aromatic carbocycles. The third kappa shape index (κ3) is 2.14. The molecule has 0 atom stereocenters. The summed E-state index contributed by atoms with van der Waals surface area (Å²) >= 11 is 0. The lowest BCUT2D eigenvalue weighted by atomic mass is 10.2. The summed E-state index contributed by atoms with van der Waals surface area (Å²) < 4.78 is 5.55. The van der Waals surface area contributed by atoms with Crippen LogP contribution in [0.15, 0.2) is 47.8 Å². The Hall–Kier alpha value is -2.03. The lowest BCUT2D eigenvalue weighted by molar-refractivity contribution is 0.328. The second-order valence-electron chi connectivity index (χ2n) is 3.47. The first kappa shape index (κ1) is 10.5. The van der Waals surface area contributed by atoms with Gasteiger partial charge in [0.2, 0.25) is 0 Å². The van der Waals surface area contributed by atoms with Gasteiger partial charge < -0.3 is 9.72 Å². The average molecular weight is 215 g/mol. The maximum Gasteiger partial charge on any atom is 0.252 e. The Morgan fingerprint density at radius 1 is 1.38 bits per heavy atom. The maximum atomic E-state index is 11.4. The summed E-state index contributed by atoms with van der Waals surface area (Å²) in [5.41, 5.74) is 0.649. The quantitative estimate of drug-likeness (QED) is 0.629. The Morgan fingerprint density at radius 3 is 3.00 bits per heavy atom. The van der Waals surface area contributed by atoms with Crippen LogP contribution in [0, 0.1) is 0 Å². The summed E-state index contributed by atoms with van der Waals surface area (Å²) in [5, 5.41) is 0.922. The molecule has 1 aromatic heterocycles. The number of H-pyrrole nitrogens is 1. The van der Waals surface area contributed by atoms with E-state index in [0.717, 1.165) is 17.3 Å². The molecule has 0 radical (unpaired) electrons. The highest BCUT2D eigenvalue weighted by atomic mass is 16.5. The first-order chi connectivity index (χ1) is 7.81. The summed E-state index contributed by atoms with van der Waals surface area (Å²) in [6.45, 7) is 4.16. The molecule has 1 heterocycles. The molecule has 1 N–H and O–H groups in total. The molecule has 0 saturated heterocycles. The zero-order chi connectivity index (χ0) is 11.4. The number of aromatic nitrogens is 1. The van der Waals surface area contributed by atoms with Crippen molar-refractivity contribution in [2.45, 2.75) is 6.42 Å². The second-order valence-corrected chi connectivity index (χ2v) is 3.47. The fraction of sp³-hybridized carbons (Fsp3) is 0.154. The van der Waals surface area contributed by atoms with E-state index in [9.17, 15) is 4.79 Å². The minimum Gasteiger partial charge on any atom is -0.492 e. The number of fused-ring (bicyclic) bond motifs is 1. The van der Waals surface area contributed by atoms with Crippen molar-refractivity contribution in [3.05, 3.63) is 53.3 Å². The largest absolute Gasteiger partial charge is 0.492 e. The molecule has 0 aliphatic rings. The van der Waals surface area contributed by atoms with Gasteiger partial charge in [-0.2, -0.15) is 0 Å². The number of pyridine rings is 1. The lowest BCUT2D eigenvalue weighted by Crippen LogP contribution is -2.06. The van der Waals surface area contributed by atoms with Gasteiger partial charge in [0.1, 0.15) is 5.75 Å². The number of hydrogen-bond donors (Lipinski definition) is 1. The average Bonchev–Trinajstić information content (AvgIpc) is 2.29. The van der Waals surface area contributed by atoms with E-state index in [1.807, 2.05) is 24.3 Å². The van der Waals surface area contributed by atoms with Crippen LogP contribution in [0.4, 0.5) is 0 Å². The molecule has 3 heteroatoms. The van der Waals surface area contributed by atoms with Crippen molar-refractivity contribution in [1.82, 2.24) is 4.98 Å². The normalized spacial score (nSPS) is 10.2. The van der Waals surface area contributed by atoms with Crippen molar-refractivity contribution in [3.8, 4) is 5.75 Å². The first-order valence-corrected chi connectivity index (χ1v) is 5.17. The SMILES string of the molecule is C=CCCOc1cc(=O)[nH]c2ccccc12. The lowest BCUT2D eigenvalue weighted by Gasteiger charge is -2.07. The highest BCUT2D eigenvalue weighted by Crippen LogP contribution is 2.21. The Labute approximate surface area is 93.4 Å². The molecule has 3 nitrogen and oxygen atoms in total. The Morgan fingerprint density at radius 2 is 2.19 bits per heavy atom. The number of para-hydroxylation sites is 1. The van der Waals surface area contributed by atoms with Gasteiger partial charge in [-0.3, -0.25) is 4.79 Å². The van der Waals surface area contributed by atoms with E-state index in [1.54, 1.807) is 6.08 Å². The van der Waals surface area contributed by atoms with Gasteiger partial charge >= 0.3 is 0 Å². The summed E-state index contributed by atoms with van der Waals surface area (Å²) in [7, 11) is 0. The number of nitrogens with one attached hydrogen (secondary N) is 1. The van der Waals surface area contributed by atoms with Crippen LogP contribution in [-0.4, -0.2) is 11.6 Å². The van der Waals surface area contributed by atoms with E-state index < -0.39 is 0 Å². The van der Waals surface area contributed by atoms with Crippen molar-refractivity contribution in [1.29, 1.82) is 0 Å². The van der Waals surface area contributed by atoms with Crippen LogP contribution in [-0.2, 0) is 0 Å². The third-order valence-corrected chi connectivity index (χ3v) is 2.29. The standard InChI is InChI=1S/C13H13NO2/c1-2-3-8-16-12-9-13(15)14-11-7-5-4-6-10(11)12/h2,4-7,9H,1,3,8H2,(H,14,15). The third-order valence-electron chi connectivity index (χ3n) is 2.29. The Kier molecular flexibility index (Phi) is 3.05. The van der Waals surface area contributed by atoms with Crippen LogP contribution in [0.1, 0.15) is 6.42 Å². The number of ether oxygens (including phenoxy) is 1. The molecule has 0 aliphatic heterocycles. The zero-order valence-electron chi connectivity index (χ0n) is 8.90. The van der Waals surface area contributed by atoms with Crippen molar-refractivity contribution in [3.63, 3.8) is 0 Å². The predicted molar refractivity (Wildman–Crippen MR) is 64.9 cm³/mol. The molecule has 0 aliphatic carbocycles.